The van der Waals surface area contributed by atoms with Crippen LogP contribution in [0.2, 0.25) is 0 Å². The van der Waals surface area contributed by atoms with Gasteiger partial charge in [0.25, 0.3) is 5.91 Å². The van der Waals surface area contributed by atoms with Crippen LogP contribution in [0.25, 0.3) is 0 Å². The van der Waals surface area contributed by atoms with Crippen LogP contribution in [0, 0.1) is 0 Å². The Morgan fingerprint density at radius 3 is 2.19 bits per heavy atom. The Balaban J connectivity index is 2.39. The zero-order valence-corrected chi connectivity index (χ0v) is 12.8. The maximum absolute atomic E-state index is 12.3. The molecule has 0 radical (unpaired) electrons. The van der Waals surface area contributed by atoms with Crippen molar-refractivity contribution in [3.05, 3.63) is 35.2 Å². The molecule has 2 aromatic rings. The van der Waals surface area contributed by atoms with Gasteiger partial charge in [-0.05, 0) is 23.0 Å². The molecule has 21 heavy (non-hydrogen) atoms. The molecule has 0 aliphatic rings. The summed E-state index contributed by atoms with van der Waals surface area (Å²) >= 11 is 0. The van der Waals surface area contributed by atoms with Crippen LogP contribution in [0.3, 0.4) is 0 Å². The largest absolute Gasteiger partial charge is 0.366 e. The van der Waals surface area contributed by atoms with E-state index in [2.05, 4.69) is 48.2 Å². The number of nitrogens with zero attached hydrogens (tertiary/aromatic N) is 2. The molecule has 0 spiro atoms. The third-order valence-corrected chi connectivity index (χ3v) is 3.33. The fraction of sp³-hybridized carbons (Fsp3) is 0.400. The lowest BCUT2D eigenvalue weighted by Gasteiger charge is -2.19. The fourth-order valence-electron chi connectivity index (χ4n) is 2.24. The van der Waals surface area contributed by atoms with Crippen LogP contribution in [0.4, 0.5) is 11.6 Å². The second-order valence-electron chi connectivity index (χ2n) is 5.62. The van der Waals surface area contributed by atoms with Gasteiger partial charge in [-0.25, -0.2) is 0 Å². The van der Waals surface area contributed by atoms with Crippen molar-refractivity contribution in [3.63, 3.8) is 0 Å². The highest BCUT2D eigenvalue weighted by Gasteiger charge is 2.18. The van der Waals surface area contributed by atoms with Gasteiger partial charge < -0.3 is 11.1 Å². The van der Waals surface area contributed by atoms with Gasteiger partial charge >= 0.3 is 0 Å². The summed E-state index contributed by atoms with van der Waals surface area (Å²) in [6.07, 6.45) is 0. The van der Waals surface area contributed by atoms with Gasteiger partial charge in [-0.15, -0.1) is 5.10 Å². The van der Waals surface area contributed by atoms with Crippen molar-refractivity contribution in [2.75, 3.05) is 11.1 Å². The van der Waals surface area contributed by atoms with Gasteiger partial charge in [0.1, 0.15) is 0 Å². The van der Waals surface area contributed by atoms with E-state index in [1.807, 2.05) is 18.2 Å². The highest BCUT2D eigenvalue weighted by molar-refractivity contribution is 6.02. The van der Waals surface area contributed by atoms with E-state index in [9.17, 15) is 4.79 Å². The summed E-state index contributed by atoms with van der Waals surface area (Å²) in [4.78, 5) is 16.1. The van der Waals surface area contributed by atoms with Gasteiger partial charge in [0, 0.05) is 5.69 Å². The number of H-pyrrole nitrogens is 1. The smallest absolute Gasteiger partial charge is 0.293 e. The number of nitrogens with two attached hydrogens (primary N) is 1. The number of hydrogen-bond donors (Lipinski definition) is 3. The maximum atomic E-state index is 12.3. The van der Waals surface area contributed by atoms with Crippen LogP contribution in [0.5, 0.6) is 0 Å². The molecule has 2 rings (SSSR count). The molecular weight excluding hydrogens is 266 g/mol. The summed E-state index contributed by atoms with van der Waals surface area (Å²) in [6.45, 7) is 8.39. The number of hydrogen-bond acceptors (Lipinski definition) is 4. The van der Waals surface area contributed by atoms with Crippen molar-refractivity contribution in [1.82, 2.24) is 15.2 Å². The lowest BCUT2D eigenvalue weighted by atomic mass is 9.92. The molecule has 4 N–H and O–H groups in total. The Kier molecular flexibility index (Phi) is 4.26. The predicted molar refractivity (Wildman–Crippen MR) is 83.4 cm³/mol. The zero-order chi connectivity index (χ0) is 15.6. The molecule has 1 amide bonds. The van der Waals surface area contributed by atoms with Crippen LogP contribution in [-0.2, 0) is 0 Å². The number of para-hydroxylation sites is 1. The molecule has 0 saturated heterocycles. The molecule has 0 aliphatic carbocycles. The fourth-order valence-corrected chi connectivity index (χ4v) is 2.24. The molecule has 0 bridgehead atoms. The van der Waals surface area contributed by atoms with Crippen LogP contribution < -0.4 is 11.1 Å². The number of aromatic amines is 1. The topological polar surface area (TPSA) is 96.7 Å². The van der Waals surface area contributed by atoms with E-state index < -0.39 is 0 Å². The molecule has 0 aliphatic heterocycles. The molecule has 0 fully saturated rings. The van der Waals surface area contributed by atoms with Crippen LogP contribution in [0.15, 0.2) is 18.2 Å². The van der Waals surface area contributed by atoms with Crippen LogP contribution in [0.1, 0.15) is 61.3 Å². The van der Waals surface area contributed by atoms with Crippen molar-refractivity contribution in [2.24, 2.45) is 0 Å². The molecule has 1 aromatic carbocycles. The van der Waals surface area contributed by atoms with Gasteiger partial charge in [-0.2, -0.15) is 4.98 Å². The Bertz CT molecular complexity index is 619. The zero-order valence-electron chi connectivity index (χ0n) is 12.8. The summed E-state index contributed by atoms with van der Waals surface area (Å²) in [5, 5.41) is 9.14. The van der Waals surface area contributed by atoms with Gasteiger partial charge in [0.2, 0.25) is 11.8 Å². The minimum atomic E-state index is -0.339. The summed E-state index contributed by atoms with van der Waals surface area (Å²) in [6, 6.07) is 6.08. The minimum Gasteiger partial charge on any atom is -0.366 e. The Labute approximate surface area is 124 Å². The summed E-state index contributed by atoms with van der Waals surface area (Å²) in [7, 11) is 0. The number of rotatable bonds is 4. The number of amides is 1. The molecule has 0 unspecified atom stereocenters. The molecule has 112 valence electrons. The summed E-state index contributed by atoms with van der Waals surface area (Å²) < 4.78 is 0. The summed E-state index contributed by atoms with van der Waals surface area (Å²) in [5.74, 6) is 0.439. The number of benzene rings is 1. The molecule has 6 nitrogen and oxygen atoms in total. The Hall–Kier alpha value is -2.37. The summed E-state index contributed by atoms with van der Waals surface area (Å²) in [5.41, 5.74) is 8.48. The van der Waals surface area contributed by atoms with Gasteiger partial charge in [0.05, 0.1) is 0 Å². The lowest BCUT2D eigenvalue weighted by Crippen LogP contribution is -2.17. The third kappa shape index (κ3) is 3.21. The van der Waals surface area contributed by atoms with Crippen molar-refractivity contribution < 1.29 is 4.79 Å². The first-order chi connectivity index (χ1) is 9.90. The second kappa shape index (κ2) is 5.95. The van der Waals surface area contributed by atoms with Gasteiger partial charge in [-0.3, -0.25) is 9.89 Å². The van der Waals surface area contributed by atoms with Crippen molar-refractivity contribution in [2.45, 2.75) is 39.5 Å². The second-order valence-corrected chi connectivity index (χ2v) is 5.62. The van der Waals surface area contributed by atoms with Gasteiger partial charge in [-0.1, -0.05) is 45.9 Å². The van der Waals surface area contributed by atoms with E-state index in [-0.39, 0.29) is 17.7 Å². The van der Waals surface area contributed by atoms with E-state index >= 15 is 0 Å². The average Bonchev–Trinajstić information content (AvgIpc) is 2.85. The normalized spacial score (nSPS) is 11.1. The van der Waals surface area contributed by atoms with E-state index in [0.29, 0.717) is 11.8 Å². The Morgan fingerprint density at radius 1 is 1.19 bits per heavy atom. The number of carbonyl (C=O) groups is 1. The number of aromatic nitrogens is 3. The van der Waals surface area contributed by atoms with E-state index in [0.717, 1.165) is 16.8 Å². The molecular formula is C15H21N5O. The maximum Gasteiger partial charge on any atom is 0.293 e. The number of carbonyl (C=O) groups excluding carboxylic acids is 1. The highest BCUT2D eigenvalue weighted by Crippen LogP contribution is 2.32. The van der Waals surface area contributed by atoms with Crippen molar-refractivity contribution >= 4 is 17.5 Å². The minimum absolute atomic E-state index is 0.0568. The van der Waals surface area contributed by atoms with Crippen molar-refractivity contribution in [1.29, 1.82) is 0 Å². The molecule has 0 atom stereocenters. The monoisotopic (exact) mass is 287 g/mol. The number of nitrogens with one attached hydrogen (secondary N) is 2. The third-order valence-electron chi connectivity index (χ3n) is 3.33. The first-order valence-corrected chi connectivity index (χ1v) is 7.02. The first-order valence-electron chi connectivity index (χ1n) is 7.02. The lowest BCUT2D eigenvalue weighted by molar-refractivity contribution is 0.101. The van der Waals surface area contributed by atoms with Crippen molar-refractivity contribution in [3.8, 4) is 0 Å². The molecule has 0 saturated carbocycles. The van der Waals surface area contributed by atoms with Gasteiger partial charge in [0.15, 0.2) is 0 Å². The van der Waals surface area contributed by atoms with Crippen LogP contribution >= 0.6 is 0 Å². The number of nitrogen functional groups attached to an aromatic ring is 1. The average molecular weight is 287 g/mol. The highest BCUT2D eigenvalue weighted by atomic mass is 16.2. The number of anilines is 2. The quantitative estimate of drug-likeness (QED) is 0.805. The molecule has 1 heterocycles. The standard InChI is InChI=1S/C15H21N5O/c1-8(2)10-6-5-7-11(9(3)4)12(10)17-14(21)13-18-15(16)20-19-13/h5-9H,1-4H3,(H,17,21)(H3,16,18,19,20). The predicted octanol–water partition coefficient (Wildman–Crippen LogP) is 2.89. The first kappa shape index (κ1) is 15.0. The Morgan fingerprint density at radius 2 is 1.76 bits per heavy atom. The SMILES string of the molecule is CC(C)c1cccc(C(C)C)c1NC(=O)c1nc(N)n[nH]1. The molecule has 1 aromatic heterocycles. The molecule has 6 heteroatoms. The van der Waals surface area contributed by atoms with E-state index in [1.54, 1.807) is 0 Å². The van der Waals surface area contributed by atoms with E-state index in [1.165, 1.54) is 0 Å². The van der Waals surface area contributed by atoms with Crippen LogP contribution in [-0.4, -0.2) is 21.1 Å². The van der Waals surface area contributed by atoms with E-state index in [4.69, 9.17) is 5.73 Å².